The van der Waals surface area contributed by atoms with E-state index < -0.39 is 11.7 Å². The Kier molecular flexibility index (Phi) is 4.33. The second-order valence-electron chi connectivity index (χ2n) is 6.11. The van der Waals surface area contributed by atoms with Gasteiger partial charge in [-0.3, -0.25) is 0 Å². The van der Waals surface area contributed by atoms with Gasteiger partial charge >= 0.3 is 11.7 Å². The number of carbonyl (C=O) groups excluding carboxylic acids is 1. The Balaban J connectivity index is 1.98. The van der Waals surface area contributed by atoms with Crippen LogP contribution in [0.25, 0.3) is 5.69 Å². The summed E-state index contributed by atoms with van der Waals surface area (Å²) in [6, 6.07) is 5.34. The molecule has 1 amide bonds. The first-order chi connectivity index (χ1) is 11.5. The van der Waals surface area contributed by atoms with Gasteiger partial charge < -0.3 is 4.90 Å². The van der Waals surface area contributed by atoms with Gasteiger partial charge in [0, 0.05) is 13.1 Å². The molecule has 1 aliphatic rings. The summed E-state index contributed by atoms with van der Waals surface area (Å²) in [5.41, 5.74) is 3.37. The first-order valence-electron chi connectivity index (χ1n) is 8.12. The molecular formula is C17H21N5O2. The van der Waals surface area contributed by atoms with Crippen LogP contribution in [0.2, 0.25) is 0 Å². The van der Waals surface area contributed by atoms with E-state index in [1.807, 2.05) is 26.0 Å². The van der Waals surface area contributed by atoms with Gasteiger partial charge in [-0.1, -0.05) is 24.3 Å². The fourth-order valence-electron chi connectivity index (χ4n) is 3.09. The van der Waals surface area contributed by atoms with E-state index in [1.165, 1.54) is 15.1 Å². The minimum atomic E-state index is -0.541. The molecule has 0 aliphatic heterocycles. The maximum atomic E-state index is 12.6. The third-order valence-electron chi connectivity index (χ3n) is 4.22. The standard InChI is InChI=1S/C17H21N5O2/c1-4-20(11-12(2)3)16(23)22-17(24)21(18-19-22)15-10-6-8-13-7-5-9-14(13)15/h6,8,10H,2,4-5,7,9,11H2,1,3H3. The fourth-order valence-corrected chi connectivity index (χ4v) is 3.09. The number of benzene rings is 1. The lowest BCUT2D eigenvalue weighted by molar-refractivity contribution is 0.201. The van der Waals surface area contributed by atoms with Crippen molar-refractivity contribution in [2.75, 3.05) is 13.1 Å². The molecule has 7 heteroatoms. The van der Waals surface area contributed by atoms with Gasteiger partial charge in [0.25, 0.3) is 0 Å². The molecule has 0 fully saturated rings. The molecule has 1 aromatic carbocycles. The lowest BCUT2D eigenvalue weighted by atomic mass is 10.1. The average Bonchev–Trinajstić information content (AvgIpc) is 3.18. The maximum Gasteiger partial charge on any atom is 0.377 e. The molecule has 3 rings (SSSR count). The van der Waals surface area contributed by atoms with Gasteiger partial charge in [0.05, 0.1) is 5.69 Å². The molecule has 0 saturated carbocycles. The number of carbonyl (C=O) groups is 1. The molecule has 0 spiro atoms. The van der Waals surface area contributed by atoms with Gasteiger partial charge in [0.15, 0.2) is 0 Å². The molecular weight excluding hydrogens is 306 g/mol. The van der Waals surface area contributed by atoms with Gasteiger partial charge in [0.1, 0.15) is 0 Å². The van der Waals surface area contributed by atoms with Crippen molar-refractivity contribution in [3.05, 3.63) is 52.0 Å². The molecule has 0 radical (unpaired) electrons. The summed E-state index contributed by atoms with van der Waals surface area (Å²) in [6.07, 6.45) is 2.99. The zero-order valence-electron chi connectivity index (χ0n) is 14.0. The highest BCUT2D eigenvalue weighted by Gasteiger charge is 2.23. The predicted octanol–water partition coefficient (Wildman–Crippen LogP) is 1.78. The number of tetrazole rings is 1. The SMILES string of the molecule is C=C(C)CN(CC)C(=O)n1nnn(-c2cccc3c2CCC3)c1=O. The van der Waals surface area contributed by atoms with E-state index in [0.717, 1.165) is 40.8 Å². The number of aryl methyl sites for hydroxylation is 1. The van der Waals surface area contributed by atoms with Crippen LogP contribution in [-0.4, -0.2) is 43.8 Å². The molecule has 0 N–H and O–H groups in total. The molecule has 0 unspecified atom stereocenters. The van der Waals surface area contributed by atoms with E-state index in [0.29, 0.717) is 13.1 Å². The van der Waals surface area contributed by atoms with Crippen molar-refractivity contribution in [3.8, 4) is 5.69 Å². The first kappa shape index (κ1) is 16.2. The Bertz CT molecular complexity index is 849. The maximum absolute atomic E-state index is 12.6. The molecule has 126 valence electrons. The van der Waals surface area contributed by atoms with Crippen LogP contribution >= 0.6 is 0 Å². The van der Waals surface area contributed by atoms with E-state index in [2.05, 4.69) is 23.1 Å². The van der Waals surface area contributed by atoms with Gasteiger partial charge in [-0.15, -0.1) is 4.68 Å². The quantitative estimate of drug-likeness (QED) is 0.634. The Morgan fingerprint density at radius 3 is 2.83 bits per heavy atom. The Hall–Kier alpha value is -2.70. The highest BCUT2D eigenvalue weighted by molar-refractivity contribution is 5.75. The number of nitrogens with zero attached hydrogens (tertiary/aromatic N) is 5. The molecule has 1 heterocycles. The number of likely N-dealkylation sites (N-methyl/N-ethyl adjacent to an activating group) is 1. The van der Waals surface area contributed by atoms with Crippen LogP contribution in [0.5, 0.6) is 0 Å². The molecule has 2 aromatic rings. The zero-order chi connectivity index (χ0) is 17.3. The Morgan fingerprint density at radius 1 is 1.33 bits per heavy atom. The third-order valence-corrected chi connectivity index (χ3v) is 4.22. The monoisotopic (exact) mass is 327 g/mol. The van der Waals surface area contributed by atoms with Crippen LogP contribution in [-0.2, 0) is 12.8 Å². The summed E-state index contributed by atoms with van der Waals surface area (Å²) in [6.45, 7) is 8.34. The van der Waals surface area contributed by atoms with Crippen LogP contribution in [0.1, 0.15) is 31.4 Å². The van der Waals surface area contributed by atoms with Crippen LogP contribution < -0.4 is 5.69 Å². The first-order valence-corrected chi connectivity index (χ1v) is 8.12. The summed E-state index contributed by atoms with van der Waals surface area (Å²) >= 11 is 0. The van der Waals surface area contributed by atoms with Gasteiger partial charge in [0.2, 0.25) is 0 Å². The minimum Gasteiger partial charge on any atom is -0.319 e. The van der Waals surface area contributed by atoms with Crippen molar-refractivity contribution in [2.24, 2.45) is 0 Å². The molecule has 24 heavy (non-hydrogen) atoms. The highest BCUT2D eigenvalue weighted by Crippen LogP contribution is 2.26. The van der Waals surface area contributed by atoms with E-state index >= 15 is 0 Å². The van der Waals surface area contributed by atoms with Crippen LogP contribution in [0.3, 0.4) is 0 Å². The molecule has 1 aromatic heterocycles. The molecule has 7 nitrogen and oxygen atoms in total. The van der Waals surface area contributed by atoms with Gasteiger partial charge in [-0.2, -0.15) is 4.68 Å². The molecule has 0 saturated heterocycles. The fraction of sp³-hybridized carbons (Fsp3) is 0.412. The van der Waals surface area contributed by atoms with Gasteiger partial charge in [-0.05, 0) is 60.7 Å². The van der Waals surface area contributed by atoms with E-state index in [1.54, 1.807) is 0 Å². The van der Waals surface area contributed by atoms with Crippen molar-refractivity contribution in [3.63, 3.8) is 0 Å². The Labute approximate surface area is 140 Å². The number of hydrogen-bond acceptors (Lipinski definition) is 4. The van der Waals surface area contributed by atoms with Crippen LogP contribution in [0.15, 0.2) is 35.1 Å². The summed E-state index contributed by atoms with van der Waals surface area (Å²) in [5, 5.41) is 7.72. The molecule has 1 aliphatic carbocycles. The average molecular weight is 327 g/mol. The lowest BCUT2D eigenvalue weighted by Gasteiger charge is -2.19. The van der Waals surface area contributed by atoms with Crippen molar-refractivity contribution in [2.45, 2.75) is 33.1 Å². The van der Waals surface area contributed by atoms with Crippen molar-refractivity contribution < 1.29 is 4.79 Å². The zero-order valence-corrected chi connectivity index (χ0v) is 14.0. The summed E-state index contributed by atoms with van der Waals surface area (Å²) in [5.74, 6) is 0. The van der Waals surface area contributed by atoms with E-state index in [-0.39, 0.29) is 0 Å². The largest absolute Gasteiger partial charge is 0.377 e. The summed E-state index contributed by atoms with van der Waals surface area (Å²) in [4.78, 5) is 26.7. The lowest BCUT2D eigenvalue weighted by Crippen LogP contribution is -2.41. The highest BCUT2D eigenvalue weighted by atomic mass is 16.2. The van der Waals surface area contributed by atoms with Crippen molar-refractivity contribution in [1.29, 1.82) is 0 Å². The number of amides is 1. The van der Waals surface area contributed by atoms with E-state index in [9.17, 15) is 9.59 Å². The minimum absolute atomic E-state index is 0.384. The normalized spacial score (nSPS) is 12.9. The molecule has 0 atom stereocenters. The topological polar surface area (TPSA) is 73.0 Å². The van der Waals surface area contributed by atoms with Gasteiger partial charge in [-0.25, -0.2) is 9.59 Å². The number of aromatic nitrogens is 4. The second kappa shape index (κ2) is 6.43. The van der Waals surface area contributed by atoms with E-state index in [4.69, 9.17) is 0 Å². The predicted molar refractivity (Wildman–Crippen MR) is 90.5 cm³/mol. The number of hydrogen-bond donors (Lipinski definition) is 0. The summed E-state index contributed by atoms with van der Waals surface area (Å²) in [7, 11) is 0. The Morgan fingerprint density at radius 2 is 2.12 bits per heavy atom. The van der Waals surface area contributed by atoms with Crippen LogP contribution in [0, 0.1) is 0 Å². The number of fused-ring (bicyclic) bond motifs is 1. The number of rotatable bonds is 4. The smallest absolute Gasteiger partial charge is 0.319 e. The second-order valence-corrected chi connectivity index (χ2v) is 6.11. The van der Waals surface area contributed by atoms with Crippen molar-refractivity contribution >= 4 is 6.03 Å². The van der Waals surface area contributed by atoms with Crippen molar-refractivity contribution in [1.82, 2.24) is 24.7 Å². The van der Waals surface area contributed by atoms with Crippen LogP contribution in [0.4, 0.5) is 4.79 Å². The summed E-state index contributed by atoms with van der Waals surface area (Å²) < 4.78 is 2.04. The third kappa shape index (κ3) is 2.77. The molecule has 0 bridgehead atoms.